The van der Waals surface area contributed by atoms with Crippen molar-refractivity contribution in [2.75, 3.05) is 26.3 Å². The Morgan fingerprint density at radius 3 is 2.79 bits per heavy atom. The molecule has 1 unspecified atom stereocenters. The molecule has 1 atom stereocenters. The molecular formula is C14H19NO4. The summed E-state index contributed by atoms with van der Waals surface area (Å²) in [7, 11) is 0. The summed E-state index contributed by atoms with van der Waals surface area (Å²) in [5.41, 5.74) is 0.959. The number of carbonyl (C=O) groups is 1. The van der Waals surface area contributed by atoms with Gasteiger partial charge in [0.25, 0.3) is 0 Å². The van der Waals surface area contributed by atoms with Crippen LogP contribution in [0.2, 0.25) is 0 Å². The van der Waals surface area contributed by atoms with E-state index in [0.29, 0.717) is 26.1 Å². The number of epoxide rings is 1. The topological polar surface area (TPSA) is 62.3 Å². The Morgan fingerprint density at radius 2 is 2.16 bits per heavy atom. The average Bonchev–Trinajstić information content (AvgIpc) is 3.26. The van der Waals surface area contributed by atoms with Gasteiger partial charge >= 0.3 is 6.09 Å². The number of rotatable bonds is 7. The van der Waals surface area contributed by atoms with Gasteiger partial charge in [-0.25, -0.2) is 4.79 Å². The van der Waals surface area contributed by atoms with Crippen molar-refractivity contribution in [3.8, 4) is 0 Å². The van der Waals surface area contributed by atoms with Crippen molar-refractivity contribution in [1.82, 2.24) is 4.90 Å². The minimum absolute atomic E-state index is 0.0635. The predicted molar refractivity (Wildman–Crippen MR) is 69.6 cm³/mol. The van der Waals surface area contributed by atoms with Gasteiger partial charge in [0.1, 0.15) is 6.61 Å². The Kier molecular flexibility index (Phi) is 5.18. The van der Waals surface area contributed by atoms with Gasteiger partial charge in [-0.3, -0.25) is 0 Å². The van der Waals surface area contributed by atoms with Crippen molar-refractivity contribution in [3.05, 3.63) is 35.9 Å². The van der Waals surface area contributed by atoms with Crippen LogP contribution >= 0.6 is 0 Å². The van der Waals surface area contributed by atoms with Crippen molar-refractivity contribution in [2.24, 2.45) is 0 Å². The van der Waals surface area contributed by atoms with Crippen molar-refractivity contribution >= 4 is 6.09 Å². The fourth-order valence-electron chi connectivity index (χ4n) is 1.75. The van der Waals surface area contributed by atoms with E-state index in [1.165, 1.54) is 0 Å². The quantitative estimate of drug-likeness (QED) is 0.757. The molecule has 0 aromatic heterocycles. The Bertz CT molecular complexity index is 392. The highest BCUT2D eigenvalue weighted by Gasteiger charge is 2.28. The first-order valence-electron chi connectivity index (χ1n) is 6.47. The number of aliphatic hydroxyl groups is 1. The maximum absolute atomic E-state index is 12.0. The second-order valence-corrected chi connectivity index (χ2v) is 4.52. The summed E-state index contributed by atoms with van der Waals surface area (Å²) in [6.07, 6.45) is 0.323. The van der Waals surface area contributed by atoms with Crippen LogP contribution in [0.3, 0.4) is 0 Å². The molecule has 1 amide bonds. The minimum atomic E-state index is -0.354. The van der Waals surface area contributed by atoms with Gasteiger partial charge in [-0.2, -0.15) is 0 Å². The van der Waals surface area contributed by atoms with Crippen LogP contribution in [0.15, 0.2) is 30.3 Å². The Labute approximate surface area is 112 Å². The van der Waals surface area contributed by atoms with Gasteiger partial charge in [-0.15, -0.1) is 0 Å². The van der Waals surface area contributed by atoms with Gasteiger partial charge in [-0.1, -0.05) is 30.3 Å². The molecule has 1 aromatic rings. The molecule has 19 heavy (non-hydrogen) atoms. The smallest absolute Gasteiger partial charge is 0.410 e. The van der Waals surface area contributed by atoms with Crippen molar-refractivity contribution in [2.45, 2.75) is 19.1 Å². The first kappa shape index (κ1) is 13.8. The average molecular weight is 265 g/mol. The third-order valence-corrected chi connectivity index (χ3v) is 2.88. The molecule has 0 radical (unpaired) electrons. The highest BCUT2D eigenvalue weighted by Crippen LogP contribution is 2.12. The van der Waals surface area contributed by atoms with Gasteiger partial charge < -0.3 is 19.5 Å². The molecule has 0 bridgehead atoms. The SMILES string of the molecule is O=C(OCc1ccccc1)N(CCCO)CC1CO1. The first-order chi connectivity index (χ1) is 9.29. The summed E-state index contributed by atoms with van der Waals surface area (Å²) in [5, 5.41) is 8.84. The second-order valence-electron chi connectivity index (χ2n) is 4.52. The van der Waals surface area contributed by atoms with E-state index in [2.05, 4.69) is 0 Å². The van der Waals surface area contributed by atoms with Gasteiger partial charge in [0.15, 0.2) is 0 Å². The molecule has 0 spiro atoms. The van der Waals surface area contributed by atoms with E-state index in [9.17, 15) is 4.79 Å². The van der Waals surface area contributed by atoms with Crippen LogP contribution in [-0.4, -0.2) is 48.5 Å². The van der Waals surface area contributed by atoms with Crippen LogP contribution in [0.4, 0.5) is 4.79 Å². The largest absolute Gasteiger partial charge is 0.445 e. The van der Waals surface area contributed by atoms with Crippen LogP contribution < -0.4 is 0 Å². The Hall–Kier alpha value is -1.59. The molecule has 1 fully saturated rings. The lowest BCUT2D eigenvalue weighted by atomic mass is 10.2. The van der Waals surface area contributed by atoms with Crippen molar-refractivity contribution < 1.29 is 19.4 Å². The van der Waals surface area contributed by atoms with Gasteiger partial charge in [0.05, 0.1) is 19.3 Å². The summed E-state index contributed by atoms with van der Waals surface area (Å²) in [4.78, 5) is 13.5. The lowest BCUT2D eigenvalue weighted by Gasteiger charge is -2.20. The van der Waals surface area contributed by atoms with Crippen molar-refractivity contribution in [3.63, 3.8) is 0 Å². The molecule has 1 heterocycles. The van der Waals surface area contributed by atoms with E-state index in [-0.39, 0.29) is 25.4 Å². The van der Waals surface area contributed by atoms with Crippen molar-refractivity contribution in [1.29, 1.82) is 0 Å². The number of ether oxygens (including phenoxy) is 2. The Balaban J connectivity index is 1.80. The number of hydrogen-bond donors (Lipinski definition) is 1. The number of aliphatic hydroxyl groups excluding tert-OH is 1. The third kappa shape index (κ3) is 4.89. The lowest BCUT2D eigenvalue weighted by Crippen LogP contribution is -2.36. The molecule has 0 saturated carbocycles. The molecule has 1 aliphatic heterocycles. The molecule has 1 aromatic carbocycles. The molecule has 1 aliphatic rings. The summed E-state index contributed by atoms with van der Waals surface area (Å²) < 4.78 is 10.4. The zero-order valence-corrected chi connectivity index (χ0v) is 10.8. The lowest BCUT2D eigenvalue weighted by molar-refractivity contribution is 0.0906. The molecular weight excluding hydrogens is 246 g/mol. The van der Waals surface area contributed by atoms with Crippen LogP contribution in [0, 0.1) is 0 Å². The van der Waals surface area contributed by atoms with E-state index < -0.39 is 0 Å². The highest BCUT2D eigenvalue weighted by molar-refractivity contribution is 5.67. The number of hydrogen-bond acceptors (Lipinski definition) is 4. The first-order valence-corrected chi connectivity index (χ1v) is 6.47. The second kappa shape index (κ2) is 7.11. The summed E-state index contributed by atoms with van der Waals surface area (Å²) in [6, 6.07) is 9.56. The van der Waals surface area contributed by atoms with E-state index in [1.807, 2.05) is 30.3 Å². The number of benzene rings is 1. The monoisotopic (exact) mass is 265 g/mol. The normalized spacial score (nSPS) is 17.0. The maximum Gasteiger partial charge on any atom is 0.410 e. The number of nitrogens with zero attached hydrogens (tertiary/aromatic N) is 1. The van der Waals surface area contributed by atoms with Gasteiger partial charge in [0.2, 0.25) is 0 Å². The zero-order valence-electron chi connectivity index (χ0n) is 10.8. The highest BCUT2D eigenvalue weighted by atomic mass is 16.6. The van der Waals surface area contributed by atoms with Crippen LogP contribution in [0.5, 0.6) is 0 Å². The molecule has 0 aliphatic carbocycles. The summed E-state index contributed by atoms with van der Waals surface area (Å²) >= 11 is 0. The van der Waals surface area contributed by atoms with Gasteiger partial charge in [0, 0.05) is 13.2 Å². The predicted octanol–water partition coefficient (Wildman–Crippen LogP) is 1.41. The fraction of sp³-hybridized carbons (Fsp3) is 0.500. The standard InChI is InChI=1S/C14H19NO4/c16-8-4-7-15(9-13-11-18-13)14(17)19-10-12-5-2-1-3-6-12/h1-3,5-6,13,16H,4,7-11H2. The van der Waals surface area contributed by atoms with E-state index in [0.717, 1.165) is 5.56 Å². The zero-order chi connectivity index (χ0) is 13.5. The summed E-state index contributed by atoms with van der Waals surface area (Å²) in [6.45, 7) is 2.05. The van der Waals surface area contributed by atoms with E-state index in [4.69, 9.17) is 14.6 Å². The van der Waals surface area contributed by atoms with Crippen LogP contribution in [0.1, 0.15) is 12.0 Å². The summed E-state index contributed by atoms with van der Waals surface area (Å²) in [5.74, 6) is 0. The molecule has 5 nitrogen and oxygen atoms in total. The van der Waals surface area contributed by atoms with Gasteiger partial charge in [-0.05, 0) is 12.0 Å². The molecule has 104 valence electrons. The van der Waals surface area contributed by atoms with Crippen LogP contribution in [-0.2, 0) is 16.1 Å². The third-order valence-electron chi connectivity index (χ3n) is 2.88. The maximum atomic E-state index is 12.0. The van der Waals surface area contributed by atoms with E-state index in [1.54, 1.807) is 4.90 Å². The van der Waals surface area contributed by atoms with Crippen LogP contribution in [0.25, 0.3) is 0 Å². The number of carbonyl (C=O) groups excluding carboxylic acids is 1. The Morgan fingerprint density at radius 1 is 1.42 bits per heavy atom. The number of amides is 1. The fourth-order valence-corrected chi connectivity index (χ4v) is 1.75. The molecule has 1 N–H and O–H groups in total. The van der Waals surface area contributed by atoms with E-state index >= 15 is 0 Å². The molecule has 1 saturated heterocycles. The minimum Gasteiger partial charge on any atom is -0.445 e. The molecule has 5 heteroatoms. The molecule has 2 rings (SSSR count).